The molecule has 2 heterocycles. The molecule has 4 N–H and O–H groups in total. The van der Waals surface area contributed by atoms with Crippen LogP contribution in [0.2, 0.25) is 0 Å². The number of hydrogen-bond donors (Lipinski definition) is 3. The van der Waals surface area contributed by atoms with Gasteiger partial charge in [-0.15, -0.1) is 0 Å². The van der Waals surface area contributed by atoms with Gasteiger partial charge < -0.3 is 16.4 Å². The van der Waals surface area contributed by atoms with Crippen molar-refractivity contribution in [3.05, 3.63) is 0 Å². The third-order valence-electron chi connectivity index (χ3n) is 2.43. The van der Waals surface area contributed by atoms with E-state index in [0.29, 0.717) is 0 Å². The first-order chi connectivity index (χ1) is 5.06. The van der Waals surface area contributed by atoms with Crippen LogP contribution in [0.25, 0.3) is 0 Å². The molecule has 4 nitrogen and oxygen atoms in total. The number of amides is 2. The minimum Gasteiger partial charge on any atom is -0.328 e. The van der Waals surface area contributed by atoms with Crippen LogP contribution in [-0.4, -0.2) is 28.7 Å². The van der Waals surface area contributed by atoms with Crippen LogP contribution in [0.3, 0.4) is 0 Å². The molecular formula is C6H11N3OS. The monoisotopic (exact) mass is 173 g/mol. The van der Waals surface area contributed by atoms with Gasteiger partial charge in [-0.05, 0) is 6.92 Å². The first-order valence-corrected chi connectivity index (χ1v) is 4.68. The number of nitrogens with one attached hydrogen (secondary N) is 2. The molecule has 2 aliphatic rings. The van der Waals surface area contributed by atoms with Crippen LogP contribution in [0.1, 0.15) is 6.92 Å². The third-order valence-corrected chi connectivity index (χ3v) is 3.87. The van der Waals surface area contributed by atoms with Crippen LogP contribution >= 0.6 is 11.8 Å². The number of fused-ring (bicyclic) bond motifs is 1. The molecule has 2 unspecified atom stereocenters. The molecule has 2 amide bonds. The first kappa shape index (κ1) is 7.24. The van der Waals surface area contributed by atoms with Gasteiger partial charge in [-0.1, -0.05) is 0 Å². The van der Waals surface area contributed by atoms with E-state index in [9.17, 15) is 4.79 Å². The van der Waals surface area contributed by atoms with E-state index in [4.69, 9.17) is 5.73 Å². The molecule has 0 aromatic heterocycles. The summed E-state index contributed by atoms with van der Waals surface area (Å²) in [5.74, 6) is 1.68. The van der Waals surface area contributed by atoms with Gasteiger partial charge in [0.15, 0.2) is 0 Å². The summed E-state index contributed by atoms with van der Waals surface area (Å²) in [6, 6.07) is -0.143. The Morgan fingerprint density at radius 1 is 1.55 bits per heavy atom. The minimum absolute atomic E-state index is 0.143. The average molecular weight is 173 g/mol. The predicted octanol–water partition coefficient (Wildman–Crippen LogP) is -0.540. The third kappa shape index (κ3) is 0.779. The van der Waals surface area contributed by atoms with Gasteiger partial charge in [0.1, 0.15) is 5.66 Å². The summed E-state index contributed by atoms with van der Waals surface area (Å²) < 4.78 is 0. The maximum absolute atomic E-state index is 11.0. The maximum atomic E-state index is 11.0. The zero-order valence-electron chi connectivity index (χ0n) is 6.31. The van der Waals surface area contributed by atoms with E-state index in [-0.39, 0.29) is 11.6 Å². The largest absolute Gasteiger partial charge is 0.328 e. The van der Waals surface area contributed by atoms with Gasteiger partial charge in [0.05, 0.1) is 5.54 Å². The highest BCUT2D eigenvalue weighted by atomic mass is 32.2. The van der Waals surface area contributed by atoms with Gasteiger partial charge in [-0.3, -0.25) is 0 Å². The molecular weight excluding hydrogens is 162 g/mol. The molecule has 2 saturated heterocycles. The molecule has 62 valence electrons. The van der Waals surface area contributed by atoms with Crippen LogP contribution in [0, 0.1) is 0 Å². The zero-order chi connectivity index (χ0) is 8.11. The smallest absolute Gasteiger partial charge is 0.316 e. The molecule has 0 aliphatic carbocycles. The Balaban J connectivity index is 2.35. The van der Waals surface area contributed by atoms with Crippen molar-refractivity contribution in [2.45, 2.75) is 18.1 Å². The van der Waals surface area contributed by atoms with Crippen LogP contribution < -0.4 is 16.4 Å². The van der Waals surface area contributed by atoms with Crippen molar-refractivity contribution in [2.75, 3.05) is 11.5 Å². The van der Waals surface area contributed by atoms with Crippen LogP contribution in [-0.2, 0) is 0 Å². The summed E-state index contributed by atoms with van der Waals surface area (Å²) in [7, 11) is 0. The fourth-order valence-electron chi connectivity index (χ4n) is 1.51. The molecule has 11 heavy (non-hydrogen) atoms. The van der Waals surface area contributed by atoms with Crippen molar-refractivity contribution in [3.8, 4) is 0 Å². The van der Waals surface area contributed by atoms with Gasteiger partial charge in [0.25, 0.3) is 0 Å². The van der Waals surface area contributed by atoms with Crippen molar-refractivity contribution in [3.63, 3.8) is 0 Å². The molecule has 0 bridgehead atoms. The van der Waals surface area contributed by atoms with Gasteiger partial charge in [-0.2, -0.15) is 11.8 Å². The van der Waals surface area contributed by atoms with Crippen molar-refractivity contribution in [2.24, 2.45) is 5.73 Å². The lowest BCUT2D eigenvalue weighted by atomic mass is 9.92. The Morgan fingerprint density at radius 2 is 2.27 bits per heavy atom. The van der Waals surface area contributed by atoms with Crippen LogP contribution in [0.4, 0.5) is 4.79 Å². The number of thioether (sulfide) groups is 1. The van der Waals surface area contributed by atoms with Gasteiger partial charge in [-0.25, -0.2) is 4.79 Å². The Morgan fingerprint density at radius 3 is 2.91 bits per heavy atom. The number of carbonyl (C=O) groups excluding carboxylic acids is 1. The highest BCUT2D eigenvalue weighted by molar-refractivity contribution is 7.99. The van der Waals surface area contributed by atoms with Crippen molar-refractivity contribution in [1.82, 2.24) is 10.6 Å². The molecule has 2 rings (SSSR count). The van der Waals surface area contributed by atoms with Crippen molar-refractivity contribution in [1.29, 1.82) is 0 Å². The lowest BCUT2D eigenvalue weighted by Gasteiger charge is -2.30. The number of nitrogens with two attached hydrogens (primary N) is 1. The van der Waals surface area contributed by atoms with Gasteiger partial charge in [0.2, 0.25) is 0 Å². The van der Waals surface area contributed by atoms with Crippen molar-refractivity contribution < 1.29 is 4.79 Å². The lowest BCUT2D eigenvalue weighted by Crippen LogP contribution is -2.63. The molecule has 0 radical (unpaired) electrons. The van der Waals surface area contributed by atoms with E-state index in [2.05, 4.69) is 10.6 Å². The summed E-state index contributed by atoms with van der Waals surface area (Å²) in [5.41, 5.74) is 5.19. The van der Waals surface area contributed by atoms with E-state index in [1.807, 2.05) is 6.92 Å². The molecule has 0 aromatic carbocycles. The predicted molar refractivity (Wildman–Crippen MR) is 44.3 cm³/mol. The normalized spacial score (nSPS) is 48.4. The molecule has 0 spiro atoms. The van der Waals surface area contributed by atoms with Crippen LogP contribution in [0.15, 0.2) is 0 Å². The summed E-state index contributed by atoms with van der Waals surface area (Å²) in [6.45, 7) is 1.98. The summed E-state index contributed by atoms with van der Waals surface area (Å²) >= 11 is 1.76. The summed E-state index contributed by atoms with van der Waals surface area (Å²) in [5, 5.41) is 5.58. The number of hydrogen-bond acceptors (Lipinski definition) is 3. The Bertz CT molecular complexity index is 202. The van der Waals surface area contributed by atoms with E-state index >= 15 is 0 Å². The fourth-order valence-corrected chi connectivity index (χ4v) is 3.06. The maximum Gasteiger partial charge on any atom is 0.316 e. The second-order valence-corrected chi connectivity index (χ2v) is 4.36. The second-order valence-electron chi connectivity index (χ2n) is 3.38. The number of carbonyl (C=O) groups is 1. The molecule has 2 fully saturated rings. The number of rotatable bonds is 0. The van der Waals surface area contributed by atoms with Gasteiger partial charge >= 0.3 is 6.03 Å². The van der Waals surface area contributed by atoms with E-state index in [1.54, 1.807) is 11.8 Å². The molecule has 0 saturated carbocycles. The molecule has 2 aliphatic heterocycles. The highest BCUT2D eigenvalue weighted by Crippen LogP contribution is 2.36. The first-order valence-electron chi connectivity index (χ1n) is 3.53. The van der Waals surface area contributed by atoms with Crippen molar-refractivity contribution >= 4 is 17.8 Å². The Labute approximate surface area is 69.3 Å². The Hall–Kier alpha value is -0.420. The SMILES string of the molecule is CC12CSCC1(N)NC(=O)N2. The second kappa shape index (κ2) is 1.84. The standard InChI is InChI=1S/C6H11N3OS/c1-5-2-11-3-6(5,7)9-4(10)8-5/h2-3,7H2,1H3,(H2,8,9,10). The zero-order valence-corrected chi connectivity index (χ0v) is 7.12. The quantitative estimate of drug-likeness (QED) is 0.431. The molecule has 2 atom stereocenters. The van der Waals surface area contributed by atoms with E-state index in [0.717, 1.165) is 11.5 Å². The van der Waals surface area contributed by atoms with E-state index < -0.39 is 5.66 Å². The number of urea groups is 1. The van der Waals surface area contributed by atoms with E-state index in [1.165, 1.54) is 0 Å². The van der Waals surface area contributed by atoms with Gasteiger partial charge in [0, 0.05) is 11.5 Å². The fraction of sp³-hybridized carbons (Fsp3) is 0.833. The molecule has 0 aromatic rings. The average Bonchev–Trinajstić information content (AvgIpc) is 2.16. The lowest BCUT2D eigenvalue weighted by molar-refractivity contribution is 0.245. The Kier molecular flexibility index (Phi) is 1.21. The summed E-state index contributed by atoms with van der Waals surface area (Å²) in [4.78, 5) is 11.0. The molecule has 5 heteroatoms. The summed E-state index contributed by atoms with van der Waals surface area (Å²) in [6.07, 6.45) is 0. The minimum atomic E-state index is -0.533. The highest BCUT2D eigenvalue weighted by Gasteiger charge is 2.56. The topological polar surface area (TPSA) is 67.1 Å². The van der Waals surface area contributed by atoms with Crippen LogP contribution in [0.5, 0.6) is 0 Å².